The lowest BCUT2D eigenvalue weighted by Crippen LogP contribution is -2.11. The molecule has 1 heteroatoms. The van der Waals surface area contributed by atoms with Crippen molar-refractivity contribution in [2.75, 3.05) is 4.90 Å². The maximum absolute atomic E-state index is 2.41. The van der Waals surface area contributed by atoms with Crippen LogP contribution in [0.15, 0.2) is 273 Å². The number of hydrogen-bond donors (Lipinski definition) is 0. The molecule has 0 saturated heterocycles. The van der Waals surface area contributed by atoms with Crippen molar-refractivity contribution in [3.63, 3.8) is 0 Å². The molecule has 0 aliphatic carbocycles. The highest BCUT2D eigenvalue weighted by molar-refractivity contribution is 6.00. The summed E-state index contributed by atoms with van der Waals surface area (Å²) < 4.78 is 0. The Bertz CT molecular complexity index is 3300. The molecule has 0 radical (unpaired) electrons. The Morgan fingerprint density at radius 3 is 1.15 bits per heavy atom. The molecule has 0 amide bonds. The van der Waals surface area contributed by atoms with Crippen LogP contribution in [0.3, 0.4) is 0 Å². The lowest BCUT2D eigenvalue weighted by Gasteiger charge is -2.29. The van der Waals surface area contributed by atoms with E-state index < -0.39 is 0 Å². The van der Waals surface area contributed by atoms with Gasteiger partial charge in [-0.05, 0) is 132 Å². The highest BCUT2D eigenvalue weighted by Gasteiger charge is 2.21. The highest BCUT2D eigenvalue weighted by Crippen LogP contribution is 2.47. The number of rotatable bonds is 10. The molecule has 0 saturated carbocycles. The van der Waals surface area contributed by atoms with Gasteiger partial charge in [-0.15, -0.1) is 0 Å². The first kappa shape index (κ1) is 39.3. The van der Waals surface area contributed by atoms with Crippen LogP contribution >= 0.6 is 0 Å². The van der Waals surface area contributed by atoms with Gasteiger partial charge in [-0.1, -0.05) is 224 Å². The molecule has 1 nitrogen and oxygen atoms in total. The Kier molecular flexibility index (Phi) is 10.7. The zero-order valence-corrected chi connectivity index (χ0v) is 35.9. The summed E-state index contributed by atoms with van der Waals surface area (Å²) in [7, 11) is 0. The second-order valence-electron chi connectivity index (χ2n) is 16.5. The number of fused-ring (bicyclic) bond motifs is 1. The van der Waals surface area contributed by atoms with Crippen LogP contribution in [0.1, 0.15) is 0 Å². The lowest BCUT2D eigenvalue weighted by atomic mass is 9.84. The van der Waals surface area contributed by atoms with Crippen molar-refractivity contribution in [1.82, 2.24) is 0 Å². The third kappa shape index (κ3) is 7.93. The second-order valence-corrected chi connectivity index (χ2v) is 16.5. The first-order valence-corrected chi connectivity index (χ1v) is 22.3. The molecule has 0 bridgehead atoms. The monoisotopic (exact) mass is 827 g/mol. The normalized spacial score (nSPS) is 11.1. The van der Waals surface area contributed by atoms with Gasteiger partial charge in [0.1, 0.15) is 0 Å². The molecule has 0 spiro atoms. The molecule has 0 N–H and O–H groups in total. The summed E-state index contributed by atoms with van der Waals surface area (Å²) in [4.78, 5) is 2.41. The third-order valence-electron chi connectivity index (χ3n) is 12.5. The summed E-state index contributed by atoms with van der Waals surface area (Å²) in [6.45, 7) is 0. The van der Waals surface area contributed by atoms with Gasteiger partial charge in [-0.2, -0.15) is 0 Å². The van der Waals surface area contributed by atoms with Gasteiger partial charge >= 0.3 is 0 Å². The summed E-state index contributed by atoms with van der Waals surface area (Å²) in [5.41, 5.74) is 19.8. The molecule has 0 heterocycles. The summed E-state index contributed by atoms with van der Waals surface area (Å²) in [5, 5.41) is 2.49. The fourth-order valence-electron chi connectivity index (χ4n) is 9.30. The Balaban J connectivity index is 1.11. The van der Waals surface area contributed by atoms with E-state index >= 15 is 0 Å². The minimum atomic E-state index is 1.08. The van der Waals surface area contributed by atoms with Crippen molar-refractivity contribution in [2.45, 2.75) is 0 Å². The largest absolute Gasteiger partial charge is 0.310 e. The third-order valence-corrected chi connectivity index (χ3v) is 12.5. The van der Waals surface area contributed by atoms with Crippen LogP contribution in [0.4, 0.5) is 17.1 Å². The summed E-state index contributed by atoms with van der Waals surface area (Å²) >= 11 is 0. The second kappa shape index (κ2) is 17.7. The Labute approximate surface area is 381 Å². The average molecular weight is 828 g/mol. The summed E-state index contributed by atoms with van der Waals surface area (Å²) in [5.74, 6) is 0. The molecule has 306 valence electrons. The Morgan fingerprint density at radius 1 is 0.215 bits per heavy atom. The van der Waals surface area contributed by atoms with E-state index in [1.54, 1.807) is 0 Å². The first-order chi connectivity index (χ1) is 32.2. The maximum Gasteiger partial charge on any atom is 0.0540 e. The zero-order chi connectivity index (χ0) is 43.4. The van der Waals surface area contributed by atoms with Gasteiger partial charge in [0.25, 0.3) is 0 Å². The molecule has 0 atom stereocenters. The number of nitrogens with zero attached hydrogens (tertiary/aromatic N) is 1. The van der Waals surface area contributed by atoms with Crippen molar-refractivity contribution < 1.29 is 0 Å². The predicted molar refractivity (Wildman–Crippen MR) is 277 cm³/mol. The van der Waals surface area contributed by atoms with E-state index in [9.17, 15) is 0 Å². The van der Waals surface area contributed by atoms with Crippen LogP contribution < -0.4 is 4.90 Å². The van der Waals surface area contributed by atoms with Crippen molar-refractivity contribution in [2.24, 2.45) is 0 Å². The molecular formula is C64H45N. The van der Waals surface area contributed by atoms with E-state index in [1.807, 2.05) is 0 Å². The topological polar surface area (TPSA) is 3.24 Å². The van der Waals surface area contributed by atoms with Gasteiger partial charge in [0, 0.05) is 16.9 Å². The molecule has 0 aliphatic rings. The van der Waals surface area contributed by atoms with E-state index in [4.69, 9.17) is 0 Å². The van der Waals surface area contributed by atoms with Crippen molar-refractivity contribution in [1.29, 1.82) is 0 Å². The Hall–Kier alpha value is -8.52. The smallest absolute Gasteiger partial charge is 0.0540 e. The quantitative estimate of drug-likeness (QED) is 0.133. The SMILES string of the molecule is c1ccc(-c2ccc(N(c3ccc(-c4cccc5ccccc45)cc3)c3ccc(-c4cc(-c5ccccc5)c(-c5ccccc5)c(-c5ccccc5)c4)cc3-c3ccccc3)cc2)cc1. The zero-order valence-electron chi connectivity index (χ0n) is 35.9. The van der Waals surface area contributed by atoms with E-state index in [2.05, 4.69) is 278 Å². The number of benzene rings is 11. The fraction of sp³-hybridized carbons (Fsp3) is 0. The fourth-order valence-corrected chi connectivity index (χ4v) is 9.30. The van der Waals surface area contributed by atoms with Crippen LogP contribution in [0.25, 0.3) is 88.7 Å². The van der Waals surface area contributed by atoms with Crippen LogP contribution in [0.2, 0.25) is 0 Å². The lowest BCUT2D eigenvalue weighted by molar-refractivity contribution is 1.28. The van der Waals surface area contributed by atoms with E-state index in [1.165, 1.54) is 66.4 Å². The molecule has 11 aromatic carbocycles. The van der Waals surface area contributed by atoms with Crippen LogP contribution in [-0.2, 0) is 0 Å². The minimum absolute atomic E-state index is 1.08. The Morgan fingerprint density at radius 2 is 0.600 bits per heavy atom. The molecule has 0 unspecified atom stereocenters. The predicted octanol–water partition coefficient (Wildman–Crippen LogP) is 18.0. The van der Waals surface area contributed by atoms with Gasteiger partial charge in [0.15, 0.2) is 0 Å². The molecule has 11 rings (SSSR count). The molecule has 0 fully saturated rings. The van der Waals surface area contributed by atoms with Crippen molar-refractivity contribution in [3.05, 3.63) is 273 Å². The molecule has 11 aromatic rings. The number of hydrogen-bond acceptors (Lipinski definition) is 1. The maximum atomic E-state index is 2.41. The molecular weight excluding hydrogens is 783 g/mol. The molecule has 0 aliphatic heterocycles. The molecule has 65 heavy (non-hydrogen) atoms. The first-order valence-electron chi connectivity index (χ1n) is 22.3. The van der Waals surface area contributed by atoms with E-state index in [0.717, 1.165) is 39.3 Å². The van der Waals surface area contributed by atoms with Crippen LogP contribution in [0.5, 0.6) is 0 Å². The van der Waals surface area contributed by atoms with Gasteiger partial charge in [0.2, 0.25) is 0 Å². The average Bonchev–Trinajstić information content (AvgIpc) is 3.40. The van der Waals surface area contributed by atoms with E-state index in [-0.39, 0.29) is 0 Å². The van der Waals surface area contributed by atoms with Gasteiger partial charge in [0.05, 0.1) is 5.69 Å². The number of anilines is 3. The standard InChI is InChI=1S/C64H45N/c1-6-19-46(20-7-1)47-33-38-56(39-34-47)65(57-40-35-52(36-41-57)59-32-18-30-48-27-16-17-31-58(48)59)63-42-37-54(43-60(63)49-21-8-2-9-22-49)55-44-61(50-23-10-3-11-24-50)64(53-28-14-5-15-29-53)62(45-55)51-25-12-4-13-26-51/h1-45H. The van der Waals surface area contributed by atoms with Gasteiger partial charge in [-0.3, -0.25) is 0 Å². The van der Waals surface area contributed by atoms with Gasteiger partial charge < -0.3 is 4.90 Å². The summed E-state index contributed by atoms with van der Waals surface area (Å²) in [6.07, 6.45) is 0. The van der Waals surface area contributed by atoms with E-state index in [0.29, 0.717) is 0 Å². The van der Waals surface area contributed by atoms with Crippen molar-refractivity contribution >= 4 is 27.8 Å². The summed E-state index contributed by atoms with van der Waals surface area (Å²) in [6, 6.07) is 98.9. The van der Waals surface area contributed by atoms with Crippen LogP contribution in [0, 0.1) is 0 Å². The van der Waals surface area contributed by atoms with Crippen molar-refractivity contribution in [3.8, 4) is 77.9 Å². The molecule has 0 aromatic heterocycles. The highest BCUT2D eigenvalue weighted by atomic mass is 15.1. The minimum Gasteiger partial charge on any atom is -0.310 e. The van der Waals surface area contributed by atoms with Crippen LogP contribution in [-0.4, -0.2) is 0 Å². The van der Waals surface area contributed by atoms with Gasteiger partial charge in [-0.25, -0.2) is 0 Å².